The summed E-state index contributed by atoms with van der Waals surface area (Å²) in [5.74, 6) is 3.90. The Hall–Kier alpha value is -2.69. The molecule has 3 rings (SSSR count). The highest BCUT2D eigenvalue weighted by Gasteiger charge is 2.64. The van der Waals surface area contributed by atoms with Crippen molar-refractivity contribution in [2.24, 2.45) is 22.2 Å². The van der Waals surface area contributed by atoms with Crippen molar-refractivity contribution in [1.29, 1.82) is 0 Å². The Labute approximate surface area is 217 Å². The number of aryl methyl sites for hydroxylation is 1. The molecule has 1 aromatic rings. The van der Waals surface area contributed by atoms with Crippen LogP contribution in [-0.4, -0.2) is 34.2 Å². The molecule has 0 spiro atoms. The van der Waals surface area contributed by atoms with E-state index in [-0.39, 0.29) is 27.9 Å². The molecule has 0 heterocycles. The maximum absolute atomic E-state index is 13.5. The summed E-state index contributed by atoms with van der Waals surface area (Å²) >= 11 is 0. The number of allylic oxidation sites excluding steroid dienone is 5. The summed E-state index contributed by atoms with van der Waals surface area (Å²) in [5.41, 5.74) is 2.63. The summed E-state index contributed by atoms with van der Waals surface area (Å²) in [7, 11) is 6.78. The predicted octanol–water partition coefficient (Wildman–Crippen LogP) is 6.98. The third kappa shape index (κ3) is 4.81. The number of carbonyl (C=O) groups is 1. The molecule has 0 amide bonds. The van der Waals surface area contributed by atoms with Crippen LogP contribution in [0.15, 0.2) is 47.5 Å². The molecule has 5 heteroatoms. The molecule has 2 aliphatic rings. The van der Waals surface area contributed by atoms with Gasteiger partial charge in [-0.2, -0.15) is 0 Å². The third-order valence-corrected chi connectivity index (χ3v) is 9.15. The maximum Gasteiger partial charge on any atom is 0.137 e. The standard InChI is InChI=1S/C31H44O5/c1-20(11-12-22-15-24(33-7)14-21(2)28(22)36-10)13-23(32)17-30(5)19-26-27(35-9)16-25(34-8)18-31(30,6)29(26,3)4/h11,14-16,18,26H,12-13,17,19H2,1-10H3/t26-,30-,31+/m0/s1. The average molecular weight is 497 g/mol. The zero-order valence-corrected chi connectivity index (χ0v) is 23.8. The van der Waals surface area contributed by atoms with Crippen LogP contribution in [0.5, 0.6) is 11.5 Å². The van der Waals surface area contributed by atoms with Crippen molar-refractivity contribution in [3.8, 4) is 11.5 Å². The number of hydrogen-bond acceptors (Lipinski definition) is 5. The Morgan fingerprint density at radius 3 is 2.31 bits per heavy atom. The lowest BCUT2D eigenvalue weighted by Gasteiger charge is -2.47. The second-order valence-electron chi connectivity index (χ2n) is 11.5. The zero-order chi connectivity index (χ0) is 26.9. The van der Waals surface area contributed by atoms with Crippen LogP contribution in [0.4, 0.5) is 0 Å². The fraction of sp³-hybridized carbons (Fsp3) is 0.581. The van der Waals surface area contributed by atoms with Crippen LogP contribution < -0.4 is 9.47 Å². The first-order chi connectivity index (χ1) is 16.9. The van der Waals surface area contributed by atoms with E-state index in [0.29, 0.717) is 19.3 Å². The molecular weight excluding hydrogens is 452 g/mol. The quantitative estimate of drug-likeness (QED) is 0.327. The highest BCUT2D eigenvalue weighted by atomic mass is 16.5. The van der Waals surface area contributed by atoms with E-state index in [1.165, 1.54) is 0 Å². The molecule has 5 nitrogen and oxygen atoms in total. The summed E-state index contributed by atoms with van der Waals surface area (Å²) in [4.78, 5) is 13.5. The van der Waals surface area contributed by atoms with Crippen molar-refractivity contribution < 1.29 is 23.7 Å². The van der Waals surface area contributed by atoms with Crippen LogP contribution in [0.1, 0.15) is 65.0 Å². The highest BCUT2D eigenvalue weighted by Crippen LogP contribution is 2.70. The SMILES string of the molecule is COC1=C[C@]2(C)C(C)(C)[C@@H](C[C@]2(C)CC(=O)CC(C)=CCc2cc(OC)cc(C)c2OC)C(OC)=C1. The Bertz CT molecular complexity index is 1090. The minimum atomic E-state index is -0.231. The van der Waals surface area contributed by atoms with Gasteiger partial charge >= 0.3 is 0 Å². The number of methoxy groups -OCH3 is 4. The molecule has 2 aliphatic carbocycles. The molecule has 2 bridgehead atoms. The topological polar surface area (TPSA) is 54.0 Å². The van der Waals surface area contributed by atoms with Gasteiger partial charge in [-0.15, -0.1) is 0 Å². The van der Waals surface area contributed by atoms with Crippen molar-refractivity contribution >= 4 is 5.78 Å². The van der Waals surface area contributed by atoms with Gasteiger partial charge in [-0.05, 0) is 61.3 Å². The van der Waals surface area contributed by atoms with Crippen LogP contribution in [-0.2, 0) is 20.7 Å². The molecule has 36 heavy (non-hydrogen) atoms. The summed E-state index contributed by atoms with van der Waals surface area (Å²) < 4.78 is 22.6. The van der Waals surface area contributed by atoms with Crippen molar-refractivity contribution in [3.63, 3.8) is 0 Å². The first-order valence-electron chi connectivity index (χ1n) is 12.8. The van der Waals surface area contributed by atoms with Crippen LogP contribution in [0.25, 0.3) is 0 Å². The fourth-order valence-electron chi connectivity index (χ4n) is 6.55. The molecule has 0 N–H and O–H groups in total. The second kappa shape index (κ2) is 10.4. The molecule has 0 aromatic heterocycles. The van der Waals surface area contributed by atoms with E-state index < -0.39 is 0 Å². The monoisotopic (exact) mass is 496 g/mol. The zero-order valence-electron chi connectivity index (χ0n) is 23.8. The number of fused-ring (bicyclic) bond motifs is 2. The number of carbonyl (C=O) groups excluding carboxylic acids is 1. The van der Waals surface area contributed by atoms with Crippen LogP contribution in [0.2, 0.25) is 0 Å². The molecule has 0 unspecified atom stereocenters. The normalized spacial score (nSPS) is 27.1. The Morgan fingerprint density at radius 1 is 1.03 bits per heavy atom. The van der Waals surface area contributed by atoms with E-state index in [4.69, 9.17) is 18.9 Å². The van der Waals surface area contributed by atoms with Gasteiger partial charge in [0.25, 0.3) is 0 Å². The molecule has 0 aliphatic heterocycles. The van der Waals surface area contributed by atoms with Crippen molar-refractivity contribution in [1.82, 2.24) is 0 Å². The number of rotatable bonds is 10. The third-order valence-electron chi connectivity index (χ3n) is 9.15. The summed E-state index contributed by atoms with van der Waals surface area (Å²) in [6, 6.07) is 3.97. The second-order valence-corrected chi connectivity index (χ2v) is 11.5. The predicted molar refractivity (Wildman–Crippen MR) is 144 cm³/mol. The number of Topliss-reactive ketones (excluding diaryl/α,β-unsaturated/α-hetero) is 1. The Morgan fingerprint density at radius 2 is 1.72 bits per heavy atom. The van der Waals surface area contributed by atoms with E-state index in [1.54, 1.807) is 28.4 Å². The first kappa shape index (κ1) is 27.9. The summed E-state index contributed by atoms with van der Waals surface area (Å²) in [6.45, 7) is 13.2. The van der Waals surface area contributed by atoms with E-state index in [1.807, 2.05) is 32.1 Å². The van der Waals surface area contributed by atoms with Gasteiger partial charge in [0.2, 0.25) is 0 Å². The Balaban J connectivity index is 1.80. The smallest absolute Gasteiger partial charge is 0.137 e. The van der Waals surface area contributed by atoms with Gasteiger partial charge in [-0.3, -0.25) is 4.79 Å². The van der Waals surface area contributed by atoms with Crippen molar-refractivity contribution in [3.05, 3.63) is 58.6 Å². The lowest BCUT2D eigenvalue weighted by molar-refractivity contribution is -0.122. The number of hydrogen-bond donors (Lipinski definition) is 0. The van der Waals surface area contributed by atoms with Gasteiger partial charge in [0.05, 0.1) is 28.4 Å². The largest absolute Gasteiger partial charge is 0.501 e. The molecular formula is C31H44O5. The van der Waals surface area contributed by atoms with E-state index >= 15 is 0 Å². The molecule has 3 atom stereocenters. The van der Waals surface area contributed by atoms with Crippen molar-refractivity contribution in [2.75, 3.05) is 28.4 Å². The molecule has 198 valence electrons. The molecule has 0 radical (unpaired) electrons. The number of ether oxygens (including phenoxy) is 4. The van der Waals surface area contributed by atoms with Gasteiger partial charge in [-0.1, -0.05) is 39.3 Å². The van der Waals surface area contributed by atoms with Crippen molar-refractivity contribution in [2.45, 2.75) is 67.2 Å². The number of benzene rings is 1. The van der Waals surface area contributed by atoms with E-state index in [0.717, 1.165) is 46.1 Å². The van der Waals surface area contributed by atoms with Crippen LogP contribution in [0, 0.1) is 29.1 Å². The van der Waals surface area contributed by atoms with Gasteiger partial charge in [0.1, 0.15) is 28.8 Å². The molecule has 1 saturated carbocycles. The Kier molecular flexibility index (Phi) is 8.02. The summed E-state index contributed by atoms with van der Waals surface area (Å²) in [6.07, 6.45) is 8.92. The van der Waals surface area contributed by atoms with Crippen LogP contribution in [0.3, 0.4) is 0 Å². The molecule has 1 aromatic carbocycles. The first-order valence-corrected chi connectivity index (χ1v) is 12.8. The van der Waals surface area contributed by atoms with Gasteiger partial charge in [-0.25, -0.2) is 0 Å². The lowest BCUT2D eigenvalue weighted by Crippen LogP contribution is -2.42. The molecule has 0 saturated heterocycles. The average Bonchev–Trinajstić information content (AvgIpc) is 2.90. The van der Waals surface area contributed by atoms with E-state index in [9.17, 15) is 4.79 Å². The van der Waals surface area contributed by atoms with Gasteiger partial charge < -0.3 is 18.9 Å². The van der Waals surface area contributed by atoms with Gasteiger partial charge in [0.15, 0.2) is 0 Å². The van der Waals surface area contributed by atoms with Gasteiger partial charge in [0, 0.05) is 35.8 Å². The molecule has 1 fully saturated rings. The van der Waals surface area contributed by atoms with Crippen LogP contribution >= 0.6 is 0 Å². The van der Waals surface area contributed by atoms with E-state index in [2.05, 4.69) is 39.8 Å². The summed E-state index contributed by atoms with van der Waals surface area (Å²) in [5, 5.41) is 0. The minimum Gasteiger partial charge on any atom is -0.501 e. The highest BCUT2D eigenvalue weighted by molar-refractivity contribution is 5.81. The maximum atomic E-state index is 13.5. The fourth-order valence-corrected chi connectivity index (χ4v) is 6.55. The minimum absolute atomic E-state index is 0.0875. The lowest BCUT2D eigenvalue weighted by atomic mass is 9.56. The number of ketones is 1.